The molecule has 0 N–H and O–H groups in total. The van der Waals surface area contributed by atoms with Crippen LogP contribution in [-0.2, 0) is 15.8 Å². The molecule has 1 aromatic rings. The Morgan fingerprint density at radius 2 is 1.80 bits per heavy atom. The quantitative estimate of drug-likeness (QED) is 0.777. The molecule has 0 saturated carbocycles. The first-order valence-corrected chi connectivity index (χ1v) is 9.06. The normalized spacial score (nSPS) is 18.9. The zero-order chi connectivity index (χ0) is 14.4. The van der Waals surface area contributed by atoms with Gasteiger partial charge in [0.05, 0.1) is 5.75 Å². The van der Waals surface area contributed by atoms with Crippen molar-refractivity contribution in [3.63, 3.8) is 0 Å². The lowest BCUT2D eigenvalue weighted by atomic mass is 10.2. The van der Waals surface area contributed by atoms with Gasteiger partial charge in [-0.3, -0.25) is 0 Å². The van der Waals surface area contributed by atoms with Crippen molar-refractivity contribution >= 4 is 21.6 Å². The Morgan fingerprint density at radius 1 is 1.05 bits per heavy atom. The van der Waals surface area contributed by atoms with Crippen molar-refractivity contribution in [1.82, 2.24) is 9.21 Å². The van der Waals surface area contributed by atoms with E-state index in [1.54, 1.807) is 4.31 Å². The SMILES string of the molecule is O=S(=O)(Cc1ccccc1)N1CCCN(CCCl)CC1. The van der Waals surface area contributed by atoms with E-state index in [1.165, 1.54) is 0 Å². The van der Waals surface area contributed by atoms with Crippen LogP contribution in [0, 0.1) is 0 Å². The Labute approximate surface area is 126 Å². The topological polar surface area (TPSA) is 40.6 Å². The molecule has 1 aromatic carbocycles. The molecule has 1 heterocycles. The lowest BCUT2D eigenvalue weighted by Gasteiger charge is -2.21. The summed E-state index contributed by atoms with van der Waals surface area (Å²) in [5.74, 6) is 0.681. The molecule has 0 spiro atoms. The third-order valence-corrected chi connectivity index (χ3v) is 5.55. The van der Waals surface area contributed by atoms with Crippen LogP contribution in [0.25, 0.3) is 0 Å². The minimum absolute atomic E-state index is 0.0867. The molecule has 0 unspecified atom stereocenters. The second-order valence-corrected chi connectivity index (χ2v) is 7.37. The second-order valence-electron chi connectivity index (χ2n) is 5.03. The summed E-state index contributed by atoms with van der Waals surface area (Å²) in [6.07, 6.45) is 0.866. The molecule has 2 rings (SSSR count). The van der Waals surface area contributed by atoms with E-state index in [4.69, 9.17) is 11.6 Å². The summed E-state index contributed by atoms with van der Waals surface area (Å²) in [6, 6.07) is 9.35. The van der Waals surface area contributed by atoms with Gasteiger partial charge in [0.15, 0.2) is 0 Å². The first kappa shape index (κ1) is 15.8. The Bertz CT molecular complexity index is 507. The number of sulfonamides is 1. The van der Waals surface area contributed by atoms with E-state index in [-0.39, 0.29) is 5.75 Å². The molecule has 1 aliphatic rings. The van der Waals surface area contributed by atoms with E-state index in [2.05, 4.69) is 4.90 Å². The Kier molecular flexibility index (Phi) is 5.84. The summed E-state index contributed by atoms with van der Waals surface area (Å²) in [7, 11) is -3.22. The molecular formula is C14H21ClN2O2S. The first-order valence-electron chi connectivity index (χ1n) is 6.92. The molecule has 0 aliphatic carbocycles. The molecular weight excluding hydrogens is 296 g/mol. The number of hydrogen-bond acceptors (Lipinski definition) is 3. The van der Waals surface area contributed by atoms with Crippen molar-refractivity contribution in [2.24, 2.45) is 0 Å². The maximum absolute atomic E-state index is 12.5. The van der Waals surface area contributed by atoms with Gasteiger partial charge in [-0.05, 0) is 18.5 Å². The number of hydrogen-bond donors (Lipinski definition) is 0. The fraction of sp³-hybridized carbons (Fsp3) is 0.571. The van der Waals surface area contributed by atoms with E-state index in [9.17, 15) is 8.42 Å². The van der Waals surface area contributed by atoms with E-state index in [0.717, 1.165) is 31.6 Å². The van der Waals surface area contributed by atoms with E-state index < -0.39 is 10.0 Å². The van der Waals surface area contributed by atoms with Crippen LogP contribution >= 0.6 is 11.6 Å². The molecule has 0 atom stereocenters. The van der Waals surface area contributed by atoms with E-state index in [1.807, 2.05) is 30.3 Å². The highest BCUT2D eigenvalue weighted by atomic mass is 35.5. The summed E-state index contributed by atoms with van der Waals surface area (Å²) in [4.78, 5) is 2.23. The molecule has 1 fully saturated rings. The summed E-state index contributed by atoms with van der Waals surface area (Å²) in [5.41, 5.74) is 0.842. The van der Waals surface area contributed by atoms with Crippen molar-refractivity contribution in [3.8, 4) is 0 Å². The van der Waals surface area contributed by atoms with Gasteiger partial charge in [0.1, 0.15) is 0 Å². The average Bonchev–Trinajstić information content (AvgIpc) is 2.66. The number of nitrogens with zero attached hydrogens (tertiary/aromatic N) is 2. The molecule has 20 heavy (non-hydrogen) atoms. The predicted octanol–water partition coefficient (Wildman–Crippen LogP) is 1.76. The van der Waals surface area contributed by atoms with Crippen molar-refractivity contribution in [2.45, 2.75) is 12.2 Å². The summed E-state index contributed by atoms with van der Waals surface area (Å²) in [5, 5.41) is 0. The number of alkyl halides is 1. The summed E-state index contributed by atoms with van der Waals surface area (Å²) >= 11 is 5.75. The third kappa shape index (κ3) is 4.45. The fourth-order valence-corrected chi connectivity index (χ4v) is 4.25. The van der Waals surface area contributed by atoms with Gasteiger partial charge in [-0.25, -0.2) is 12.7 Å². The van der Waals surface area contributed by atoms with Crippen LogP contribution in [0.15, 0.2) is 30.3 Å². The second kappa shape index (κ2) is 7.41. The lowest BCUT2D eigenvalue weighted by Crippen LogP contribution is -2.36. The first-order chi connectivity index (χ1) is 9.62. The van der Waals surface area contributed by atoms with E-state index in [0.29, 0.717) is 19.0 Å². The minimum Gasteiger partial charge on any atom is -0.301 e. The standard InChI is InChI=1S/C14H21ClN2O2S/c15-7-10-16-8-4-9-17(12-11-16)20(18,19)13-14-5-2-1-3-6-14/h1-3,5-6H,4,7-13H2. The van der Waals surface area contributed by atoms with Gasteiger partial charge in [0.2, 0.25) is 10.0 Å². The molecule has 0 bridgehead atoms. The van der Waals surface area contributed by atoms with Gasteiger partial charge in [0.25, 0.3) is 0 Å². The van der Waals surface area contributed by atoms with Crippen molar-refractivity contribution in [2.75, 3.05) is 38.6 Å². The summed E-state index contributed by atoms with van der Waals surface area (Å²) in [6.45, 7) is 3.68. The monoisotopic (exact) mass is 316 g/mol. The van der Waals surface area contributed by atoms with Crippen LogP contribution in [0.3, 0.4) is 0 Å². The highest BCUT2D eigenvalue weighted by Gasteiger charge is 2.25. The van der Waals surface area contributed by atoms with Crippen LogP contribution in [-0.4, -0.2) is 56.2 Å². The van der Waals surface area contributed by atoms with E-state index >= 15 is 0 Å². The largest absolute Gasteiger partial charge is 0.301 e. The van der Waals surface area contributed by atoms with Crippen molar-refractivity contribution in [3.05, 3.63) is 35.9 Å². The van der Waals surface area contributed by atoms with Crippen molar-refractivity contribution in [1.29, 1.82) is 0 Å². The van der Waals surface area contributed by atoms with Crippen LogP contribution in [0.4, 0.5) is 0 Å². The lowest BCUT2D eigenvalue weighted by molar-refractivity contribution is 0.303. The van der Waals surface area contributed by atoms with Gasteiger partial charge in [0, 0.05) is 32.1 Å². The maximum Gasteiger partial charge on any atom is 0.218 e. The van der Waals surface area contributed by atoms with Crippen LogP contribution in [0.1, 0.15) is 12.0 Å². The number of benzene rings is 1. The molecule has 0 amide bonds. The van der Waals surface area contributed by atoms with Gasteiger partial charge >= 0.3 is 0 Å². The highest BCUT2D eigenvalue weighted by molar-refractivity contribution is 7.88. The van der Waals surface area contributed by atoms with Crippen molar-refractivity contribution < 1.29 is 8.42 Å². The highest BCUT2D eigenvalue weighted by Crippen LogP contribution is 2.13. The van der Waals surface area contributed by atoms with Crippen LogP contribution < -0.4 is 0 Å². The molecule has 1 aliphatic heterocycles. The average molecular weight is 317 g/mol. The molecule has 4 nitrogen and oxygen atoms in total. The van der Waals surface area contributed by atoms with Gasteiger partial charge < -0.3 is 4.90 Å². The molecule has 112 valence electrons. The Morgan fingerprint density at radius 3 is 2.50 bits per heavy atom. The summed E-state index contributed by atoms with van der Waals surface area (Å²) < 4.78 is 26.5. The Balaban J connectivity index is 1.99. The molecule has 6 heteroatoms. The fourth-order valence-electron chi connectivity index (χ4n) is 2.44. The zero-order valence-corrected chi connectivity index (χ0v) is 13.1. The minimum atomic E-state index is -3.22. The van der Waals surface area contributed by atoms with Gasteiger partial charge in [-0.2, -0.15) is 0 Å². The zero-order valence-electron chi connectivity index (χ0n) is 11.5. The molecule has 0 aromatic heterocycles. The van der Waals surface area contributed by atoms with Crippen LogP contribution in [0.5, 0.6) is 0 Å². The maximum atomic E-state index is 12.5. The third-order valence-electron chi connectivity index (χ3n) is 3.53. The Hall–Kier alpha value is -0.620. The molecule has 0 radical (unpaired) electrons. The predicted molar refractivity (Wildman–Crippen MR) is 82.4 cm³/mol. The van der Waals surface area contributed by atoms with Gasteiger partial charge in [-0.15, -0.1) is 11.6 Å². The smallest absolute Gasteiger partial charge is 0.218 e. The van der Waals surface area contributed by atoms with Gasteiger partial charge in [-0.1, -0.05) is 30.3 Å². The van der Waals surface area contributed by atoms with Crippen LogP contribution in [0.2, 0.25) is 0 Å². The molecule has 1 saturated heterocycles. The number of halogens is 1. The number of rotatable bonds is 5.